The van der Waals surface area contributed by atoms with Crippen molar-refractivity contribution < 1.29 is 14.3 Å². The zero-order valence-electron chi connectivity index (χ0n) is 14.8. The van der Waals surface area contributed by atoms with Crippen molar-refractivity contribution in [1.82, 2.24) is 9.80 Å². The Bertz CT molecular complexity index is 711. The van der Waals surface area contributed by atoms with Crippen molar-refractivity contribution in [2.45, 2.75) is 12.8 Å². The average molecular weight is 352 g/mol. The Morgan fingerprint density at radius 3 is 2.12 bits per heavy atom. The number of hydrogen-bond acceptors (Lipinski definition) is 4. The van der Waals surface area contributed by atoms with Gasteiger partial charge in [-0.1, -0.05) is 48.5 Å². The second-order valence-corrected chi connectivity index (χ2v) is 6.40. The average Bonchev–Trinajstić information content (AvgIpc) is 2.70. The molecule has 1 saturated heterocycles. The molecule has 0 spiro atoms. The van der Waals surface area contributed by atoms with Crippen LogP contribution in [0.2, 0.25) is 0 Å². The van der Waals surface area contributed by atoms with E-state index >= 15 is 0 Å². The van der Waals surface area contributed by atoms with Crippen molar-refractivity contribution >= 4 is 11.9 Å². The summed E-state index contributed by atoms with van der Waals surface area (Å²) in [6, 6.07) is 18.5. The first-order valence-electron chi connectivity index (χ1n) is 9.05. The van der Waals surface area contributed by atoms with E-state index in [1.165, 1.54) is 0 Å². The van der Waals surface area contributed by atoms with E-state index < -0.39 is 0 Å². The van der Waals surface area contributed by atoms with Crippen molar-refractivity contribution in [3.8, 4) is 5.75 Å². The zero-order chi connectivity index (χ0) is 18.2. The van der Waals surface area contributed by atoms with Gasteiger partial charge < -0.3 is 9.64 Å². The molecule has 2 aromatic carbocycles. The molecule has 0 aromatic heterocycles. The highest BCUT2D eigenvalue weighted by molar-refractivity contribution is 5.95. The number of carbonyl (C=O) groups excluding carboxylic acids is 2. The number of amides is 1. The lowest BCUT2D eigenvalue weighted by atomic mass is 10.1. The summed E-state index contributed by atoms with van der Waals surface area (Å²) in [6.07, 6.45) is 1.10. The fourth-order valence-electron chi connectivity index (χ4n) is 3.04. The molecule has 1 aliphatic heterocycles. The number of nitrogens with zero attached hydrogens (tertiary/aromatic N) is 2. The molecule has 0 aliphatic carbocycles. The minimum absolute atomic E-state index is 0.190. The van der Waals surface area contributed by atoms with Crippen molar-refractivity contribution in [2.75, 3.05) is 32.7 Å². The van der Waals surface area contributed by atoms with Gasteiger partial charge in [0, 0.05) is 38.2 Å². The monoisotopic (exact) mass is 352 g/mol. The molecule has 136 valence electrons. The smallest absolute Gasteiger partial charge is 0.410 e. The second kappa shape index (κ2) is 9.15. The Labute approximate surface area is 154 Å². The fourth-order valence-corrected chi connectivity index (χ4v) is 3.04. The Morgan fingerprint density at radius 2 is 1.46 bits per heavy atom. The number of rotatable bonds is 6. The molecule has 1 fully saturated rings. The third-order valence-electron chi connectivity index (χ3n) is 4.55. The van der Waals surface area contributed by atoms with Crippen LogP contribution in [0.1, 0.15) is 23.2 Å². The highest BCUT2D eigenvalue weighted by atomic mass is 16.6. The molecule has 1 heterocycles. The third-order valence-corrected chi connectivity index (χ3v) is 4.55. The number of para-hydroxylation sites is 1. The summed E-state index contributed by atoms with van der Waals surface area (Å²) in [5, 5.41) is 0. The van der Waals surface area contributed by atoms with Gasteiger partial charge in [-0.25, -0.2) is 4.79 Å². The van der Waals surface area contributed by atoms with Crippen LogP contribution in [0.3, 0.4) is 0 Å². The van der Waals surface area contributed by atoms with Crippen molar-refractivity contribution in [2.24, 2.45) is 0 Å². The van der Waals surface area contributed by atoms with Crippen LogP contribution in [-0.2, 0) is 0 Å². The number of ketones is 1. The minimum atomic E-state index is -0.296. The van der Waals surface area contributed by atoms with E-state index in [2.05, 4.69) is 4.90 Å². The molecule has 1 aliphatic rings. The summed E-state index contributed by atoms with van der Waals surface area (Å²) in [4.78, 5) is 28.3. The van der Waals surface area contributed by atoms with Crippen molar-refractivity contribution in [3.05, 3.63) is 66.2 Å². The lowest BCUT2D eigenvalue weighted by Crippen LogP contribution is -2.49. The Morgan fingerprint density at radius 1 is 0.846 bits per heavy atom. The summed E-state index contributed by atoms with van der Waals surface area (Å²) in [5.41, 5.74) is 0.779. The first kappa shape index (κ1) is 18.1. The number of ether oxygens (including phenoxy) is 1. The quantitative estimate of drug-likeness (QED) is 0.747. The summed E-state index contributed by atoms with van der Waals surface area (Å²) < 4.78 is 5.37. The van der Waals surface area contributed by atoms with E-state index in [1.54, 1.807) is 17.0 Å². The highest BCUT2D eigenvalue weighted by Gasteiger charge is 2.22. The van der Waals surface area contributed by atoms with E-state index in [0.29, 0.717) is 25.3 Å². The van der Waals surface area contributed by atoms with Crippen molar-refractivity contribution in [3.63, 3.8) is 0 Å². The highest BCUT2D eigenvalue weighted by Crippen LogP contribution is 2.12. The molecular weight excluding hydrogens is 328 g/mol. The molecule has 3 rings (SSSR count). The van der Waals surface area contributed by atoms with Gasteiger partial charge >= 0.3 is 6.09 Å². The summed E-state index contributed by atoms with van der Waals surface area (Å²) in [5.74, 6) is 0.759. The maximum atomic E-state index is 12.2. The van der Waals surface area contributed by atoms with Gasteiger partial charge in [0.25, 0.3) is 0 Å². The molecule has 0 bridgehead atoms. The topological polar surface area (TPSA) is 49.9 Å². The molecule has 5 nitrogen and oxygen atoms in total. The van der Waals surface area contributed by atoms with E-state index in [0.717, 1.165) is 31.6 Å². The normalized spacial score (nSPS) is 14.8. The molecular formula is C21H24N2O3. The predicted molar refractivity (Wildman–Crippen MR) is 100 cm³/mol. The first-order chi connectivity index (χ1) is 12.7. The number of benzene rings is 2. The molecule has 0 saturated carbocycles. The summed E-state index contributed by atoms with van der Waals surface area (Å²) >= 11 is 0. The Balaban J connectivity index is 1.36. The zero-order valence-corrected chi connectivity index (χ0v) is 14.8. The van der Waals surface area contributed by atoms with Crippen molar-refractivity contribution in [1.29, 1.82) is 0 Å². The number of hydrogen-bond donors (Lipinski definition) is 0. The second-order valence-electron chi connectivity index (χ2n) is 6.40. The van der Waals surface area contributed by atoms with E-state index in [-0.39, 0.29) is 11.9 Å². The molecule has 0 unspecified atom stereocenters. The first-order valence-corrected chi connectivity index (χ1v) is 9.05. The number of carbonyl (C=O) groups is 2. The Kier molecular flexibility index (Phi) is 6.39. The van der Waals surface area contributed by atoms with Crippen LogP contribution in [0.4, 0.5) is 4.79 Å². The Hall–Kier alpha value is -2.66. The summed E-state index contributed by atoms with van der Waals surface area (Å²) in [6.45, 7) is 3.80. The maximum Gasteiger partial charge on any atom is 0.415 e. The van der Waals surface area contributed by atoms with Gasteiger partial charge in [0.2, 0.25) is 0 Å². The SMILES string of the molecule is O=C(CCCN1CCN(C(=O)Oc2ccccc2)CC1)c1ccccc1. The van der Waals surface area contributed by atoms with Gasteiger partial charge in [-0.2, -0.15) is 0 Å². The van der Waals surface area contributed by atoms with Gasteiger partial charge in [-0.3, -0.25) is 9.69 Å². The van der Waals surface area contributed by atoms with Crippen LogP contribution in [0.25, 0.3) is 0 Å². The van der Waals surface area contributed by atoms with Gasteiger partial charge in [-0.15, -0.1) is 0 Å². The van der Waals surface area contributed by atoms with Gasteiger partial charge in [0.05, 0.1) is 0 Å². The predicted octanol–water partition coefficient (Wildman–Crippen LogP) is 3.47. The van der Waals surface area contributed by atoms with Gasteiger partial charge in [-0.05, 0) is 25.1 Å². The van der Waals surface area contributed by atoms with Crippen LogP contribution >= 0.6 is 0 Å². The number of Topliss-reactive ketones (excluding diaryl/α,β-unsaturated/α-hetero) is 1. The van der Waals surface area contributed by atoms with Crippen LogP contribution in [0.15, 0.2) is 60.7 Å². The molecule has 0 atom stereocenters. The van der Waals surface area contributed by atoms with E-state index in [9.17, 15) is 9.59 Å². The minimum Gasteiger partial charge on any atom is -0.410 e. The lowest BCUT2D eigenvalue weighted by Gasteiger charge is -2.33. The lowest BCUT2D eigenvalue weighted by molar-refractivity contribution is 0.0958. The molecule has 1 amide bonds. The van der Waals surface area contributed by atoms with Crippen LogP contribution in [0, 0.1) is 0 Å². The maximum absolute atomic E-state index is 12.2. The molecule has 0 N–H and O–H groups in total. The van der Waals surface area contributed by atoms with E-state index in [1.807, 2.05) is 48.5 Å². The molecule has 26 heavy (non-hydrogen) atoms. The van der Waals surface area contributed by atoms with E-state index in [4.69, 9.17) is 4.74 Å². The molecule has 5 heteroatoms. The third kappa shape index (κ3) is 5.17. The molecule has 0 radical (unpaired) electrons. The standard InChI is InChI=1S/C21H24N2O3/c24-20(18-8-3-1-4-9-18)12-7-13-22-14-16-23(17-15-22)21(25)26-19-10-5-2-6-11-19/h1-6,8-11H,7,12-17H2. The van der Waals surface area contributed by atoms with Crippen LogP contribution in [-0.4, -0.2) is 54.4 Å². The van der Waals surface area contributed by atoms with Gasteiger partial charge in [0.15, 0.2) is 5.78 Å². The van der Waals surface area contributed by atoms with Gasteiger partial charge in [0.1, 0.15) is 5.75 Å². The van der Waals surface area contributed by atoms with Crippen LogP contribution in [0.5, 0.6) is 5.75 Å². The fraction of sp³-hybridized carbons (Fsp3) is 0.333. The number of piperazine rings is 1. The largest absolute Gasteiger partial charge is 0.415 e. The summed E-state index contributed by atoms with van der Waals surface area (Å²) in [7, 11) is 0. The molecule has 2 aromatic rings. The van der Waals surface area contributed by atoms with Crippen LogP contribution < -0.4 is 4.74 Å².